The monoisotopic (exact) mass is 295 g/mol. The Morgan fingerprint density at radius 2 is 2.29 bits per heavy atom. The van der Waals surface area contributed by atoms with E-state index < -0.39 is 11.0 Å². The number of nitro groups is 1. The van der Waals surface area contributed by atoms with Crippen LogP contribution >= 0.6 is 0 Å². The number of nitrogens with one attached hydrogen (secondary N) is 1. The summed E-state index contributed by atoms with van der Waals surface area (Å²) in [6.07, 6.45) is 0.0930. The van der Waals surface area contributed by atoms with Crippen LogP contribution in [0, 0.1) is 10.1 Å². The third kappa shape index (κ3) is 3.40. The first-order valence-electron chi connectivity index (χ1n) is 6.85. The van der Waals surface area contributed by atoms with E-state index in [1.165, 1.54) is 6.07 Å². The van der Waals surface area contributed by atoms with Gasteiger partial charge in [0.05, 0.1) is 11.0 Å². The van der Waals surface area contributed by atoms with Crippen molar-refractivity contribution in [2.24, 2.45) is 0 Å². The first-order valence-corrected chi connectivity index (χ1v) is 6.85. The van der Waals surface area contributed by atoms with Gasteiger partial charge in [-0.25, -0.2) is 4.98 Å². The maximum Gasteiger partial charge on any atom is 0.311 e. The lowest BCUT2D eigenvalue weighted by atomic mass is 10.2. The predicted molar refractivity (Wildman–Crippen MR) is 80.7 cm³/mol. The van der Waals surface area contributed by atoms with Gasteiger partial charge in [-0.05, 0) is 26.6 Å². The summed E-state index contributed by atoms with van der Waals surface area (Å²) in [7, 11) is 5.59. The molecule has 1 aliphatic rings. The van der Waals surface area contributed by atoms with Crippen molar-refractivity contribution in [3.63, 3.8) is 0 Å². The van der Waals surface area contributed by atoms with Crippen molar-refractivity contribution in [1.82, 2.24) is 9.88 Å². The highest BCUT2D eigenvalue weighted by Crippen LogP contribution is 2.33. The van der Waals surface area contributed by atoms with Gasteiger partial charge in [0, 0.05) is 32.2 Å². The average molecular weight is 295 g/mol. The van der Waals surface area contributed by atoms with Gasteiger partial charge in [0.25, 0.3) is 0 Å². The summed E-state index contributed by atoms with van der Waals surface area (Å²) >= 11 is 0. The normalized spacial score (nSPS) is 21.9. The molecule has 1 aliphatic heterocycles. The lowest BCUT2D eigenvalue weighted by Gasteiger charge is -2.27. The molecule has 21 heavy (non-hydrogen) atoms. The van der Waals surface area contributed by atoms with Crippen molar-refractivity contribution in [2.45, 2.75) is 18.6 Å². The van der Waals surface area contributed by atoms with Crippen molar-refractivity contribution in [3.8, 4) is 0 Å². The van der Waals surface area contributed by atoms with Gasteiger partial charge in [0.2, 0.25) is 5.82 Å². The topological polar surface area (TPSA) is 94.8 Å². The van der Waals surface area contributed by atoms with E-state index in [-0.39, 0.29) is 11.7 Å². The van der Waals surface area contributed by atoms with E-state index in [4.69, 9.17) is 0 Å². The molecule has 0 radical (unpaired) electrons. The minimum atomic E-state index is -0.491. The van der Waals surface area contributed by atoms with Gasteiger partial charge in [0.1, 0.15) is 5.82 Å². The molecule has 1 fully saturated rings. The molecule has 0 spiro atoms. The third-order valence-corrected chi connectivity index (χ3v) is 3.55. The zero-order valence-corrected chi connectivity index (χ0v) is 12.5. The van der Waals surface area contributed by atoms with E-state index in [0.717, 1.165) is 0 Å². The zero-order valence-electron chi connectivity index (χ0n) is 12.5. The lowest BCUT2D eigenvalue weighted by molar-refractivity contribution is -0.384. The Morgan fingerprint density at radius 3 is 2.86 bits per heavy atom. The Bertz CT molecular complexity index is 523. The fraction of sp³-hybridized carbons (Fsp3) is 0.615. The molecule has 2 atom stereocenters. The first kappa shape index (κ1) is 15.5. The quantitative estimate of drug-likeness (QED) is 0.604. The Balaban J connectivity index is 2.39. The number of anilines is 2. The molecular formula is C13H21N5O3. The Kier molecular flexibility index (Phi) is 4.59. The SMILES string of the molecule is CNc1ccc([N+](=O)[O-])c(N2CC(O)CC2CN(C)C)n1. The van der Waals surface area contributed by atoms with E-state index in [0.29, 0.717) is 31.1 Å². The molecule has 0 saturated carbocycles. The second-order valence-corrected chi connectivity index (χ2v) is 5.50. The number of rotatable bonds is 5. The summed E-state index contributed by atoms with van der Waals surface area (Å²) in [5, 5.41) is 24.1. The van der Waals surface area contributed by atoms with E-state index >= 15 is 0 Å². The second kappa shape index (κ2) is 6.23. The van der Waals surface area contributed by atoms with Crippen LogP contribution in [0.5, 0.6) is 0 Å². The van der Waals surface area contributed by atoms with Crippen LogP contribution in [-0.2, 0) is 0 Å². The van der Waals surface area contributed by atoms with E-state index in [9.17, 15) is 15.2 Å². The number of aliphatic hydroxyl groups excluding tert-OH is 1. The number of hydrogen-bond acceptors (Lipinski definition) is 7. The number of pyridine rings is 1. The molecule has 8 nitrogen and oxygen atoms in total. The molecule has 1 saturated heterocycles. The maximum absolute atomic E-state index is 11.2. The fourth-order valence-electron chi connectivity index (χ4n) is 2.68. The maximum atomic E-state index is 11.2. The van der Waals surface area contributed by atoms with E-state index in [1.54, 1.807) is 13.1 Å². The summed E-state index contributed by atoms with van der Waals surface area (Å²) in [4.78, 5) is 19.0. The van der Waals surface area contributed by atoms with Gasteiger partial charge in [0.15, 0.2) is 0 Å². The molecule has 1 aromatic heterocycles. The largest absolute Gasteiger partial charge is 0.391 e. The van der Waals surface area contributed by atoms with Gasteiger partial charge in [-0.15, -0.1) is 0 Å². The minimum Gasteiger partial charge on any atom is -0.391 e. The first-order chi connectivity index (χ1) is 9.92. The van der Waals surface area contributed by atoms with E-state index in [2.05, 4.69) is 10.3 Å². The van der Waals surface area contributed by atoms with Crippen LogP contribution in [0.15, 0.2) is 12.1 Å². The number of aromatic nitrogens is 1. The van der Waals surface area contributed by atoms with Gasteiger partial charge in [-0.3, -0.25) is 10.1 Å². The second-order valence-electron chi connectivity index (χ2n) is 5.50. The number of nitrogens with zero attached hydrogens (tertiary/aromatic N) is 4. The standard InChI is InChI=1S/C13H21N5O3/c1-14-12-5-4-11(18(20)21)13(15-12)17-8-10(19)6-9(17)7-16(2)3/h4-5,9-10,19H,6-8H2,1-3H3,(H,14,15). The van der Waals surface area contributed by atoms with Crippen LogP contribution in [0.3, 0.4) is 0 Å². The number of hydrogen-bond donors (Lipinski definition) is 2. The summed E-state index contributed by atoms with van der Waals surface area (Å²) in [6, 6.07) is 3.04. The van der Waals surface area contributed by atoms with Crippen molar-refractivity contribution < 1.29 is 10.0 Å². The Labute approximate surface area is 123 Å². The van der Waals surface area contributed by atoms with Crippen molar-refractivity contribution >= 4 is 17.3 Å². The minimum absolute atomic E-state index is 0.00769. The van der Waals surface area contributed by atoms with Crippen LogP contribution < -0.4 is 10.2 Å². The number of β-amino-alcohol motifs (C(OH)–C–C–N with tert-alkyl or cyclic N) is 1. The summed E-state index contributed by atoms with van der Waals surface area (Å²) in [5.41, 5.74) is -0.0353. The van der Waals surface area contributed by atoms with Crippen LogP contribution in [-0.4, -0.2) is 66.3 Å². The third-order valence-electron chi connectivity index (χ3n) is 3.55. The summed E-state index contributed by atoms with van der Waals surface area (Å²) in [6.45, 7) is 1.07. The van der Waals surface area contributed by atoms with Crippen molar-refractivity contribution in [2.75, 3.05) is 44.4 Å². The van der Waals surface area contributed by atoms with Crippen LogP contribution in [0.4, 0.5) is 17.3 Å². The molecule has 2 N–H and O–H groups in total. The highest BCUT2D eigenvalue weighted by molar-refractivity contribution is 5.63. The van der Waals surface area contributed by atoms with Crippen LogP contribution in [0.25, 0.3) is 0 Å². The lowest BCUT2D eigenvalue weighted by Crippen LogP contribution is -2.38. The van der Waals surface area contributed by atoms with Gasteiger partial charge >= 0.3 is 5.69 Å². The molecule has 2 heterocycles. The molecule has 0 aliphatic carbocycles. The molecule has 2 rings (SSSR count). The fourth-order valence-corrected chi connectivity index (χ4v) is 2.68. The Morgan fingerprint density at radius 1 is 1.57 bits per heavy atom. The summed E-state index contributed by atoms with van der Waals surface area (Å²) in [5.74, 6) is 0.885. The smallest absolute Gasteiger partial charge is 0.311 e. The molecular weight excluding hydrogens is 274 g/mol. The number of likely N-dealkylation sites (N-methyl/N-ethyl adjacent to an activating group) is 1. The van der Waals surface area contributed by atoms with E-state index in [1.807, 2.05) is 23.9 Å². The number of aliphatic hydroxyl groups is 1. The van der Waals surface area contributed by atoms with Crippen LogP contribution in [0.2, 0.25) is 0 Å². The highest BCUT2D eigenvalue weighted by Gasteiger charge is 2.35. The van der Waals surface area contributed by atoms with Crippen LogP contribution in [0.1, 0.15) is 6.42 Å². The molecule has 0 bridgehead atoms. The summed E-state index contributed by atoms with van der Waals surface area (Å²) < 4.78 is 0. The molecule has 2 unspecified atom stereocenters. The Hall–Kier alpha value is -1.93. The van der Waals surface area contributed by atoms with Gasteiger partial charge < -0.3 is 20.2 Å². The van der Waals surface area contributed by atoms with Crippen molar-refractivity contribution in [3.05, 3.63) is 22.2 Å². The molecule has 116 valence electrons. The van der Waals surface area contributed by atoms with Crippen molar-refractivity contribution in [1.29, 1.82) is 0 Å². The highest BCUT2D eigenvalue weighted by atomic mass is 16.6. The van der Waals surface area contributed by atoms with Gasteiger partial charge in [-0.1, -0.05) is 0 Å². The van der Waals surface area contributed by atoms with Gasteiger partial charge in [-0.2, -0.15) is 0 Å². The molecule has 0 amide bonds. The molecule has 8 heteroatoms. The molecule has 1 aromatic rings. The molecule has 0 aromatic carbocycles. The zero-order chi connectivity index (χ0) is 15.6. The average Bonchev–Trinajstić information content (AvgIpc) is 2.77. The predicted octanol–water partition coefficient (Wildman–Crippen LogP) is 0.533.